The summed E-state index contributed by atoms with van der Waals surface area (Å²) in [5.74, 6) is 0. The Morgan fingerprint density at radius 1 is 1.10 bits per heavy atom. The summed E-state index contributed by atoms with van der Waals surface area (Å²) >= 11 is 15.4. The first-order chi connectivity index (χ1) is 9.49. The molecule has 1 N–H and O–H groups in total. The van der Waals surface area contributed by atoms with Crippen molar-refractivity contribution in [3.8, 4) is 0 Å². The predicted octanol–water partition coefficient (Wildman–Crippen LogP) is 5.28. The third-order valence-corrected chi connectivity index (χ3v) is 4.44. The molecule has 0 radical (unpaired) electrons. The Morgan fingerprint density at radius 3 is 2.35 bits per heavy atom. The van der Waals surface area contributed by atoms with E-state index in [1.54, 1.807) is 18.2 Å². The van der Waals surface area contributed by atoms with Crippen molar-refractivity contribution in [3.63, 3.8) is 0 Å². The first-order valence-corrected chi connectivity index (χ1v) is 7.14. The number of nitrogens with one attached hydrogen (secondary N) is 1. The van der Waals surface area contributed by atoms with Crippen LogP contribution < -0.4 is 5.32 Å². The van der Waals surface area contributed by atoms with E-state index in [0.717, 1.165) is 10.0 Å². The SMILES string of the molecule is O=[N+]([O-])c1ccc(CNc2ccc(Br)c(Cl)c2Cl)cc1. The Bertz CT molecular complexity index is 648. The lowest BCUT2D eigenvalue weighted by Gasteiger charge is -2.10. The van der Waals surface area contributed by atoms with Crippen LogP contribution in [0.25, 0.3) is 0 Å². The van der Waals surface area contributed by atoms with Gasteiger partial charge in [0.25, 0.3) is 5.69 Å². The molecule has 4 nitrogen and oxygen atoms in total. The number of hydrogen-bond acceptors (Lipinski definition) is 3. The van der Waals surface area contributed by atoms with Crippen molar-refractivity contribution in [3.05, 3.63) is 66.6 Å². The molecular formula is C13H9BrCl2N2O2. The van der Waals surface area contributed by atoms with Crippen LogP contribution in [0.2, 0.25) is 10.0 Å². The number of hydrogen-bond donors (Lipinski definition) is 1. The van der Waals surface area contributed by atoms with Gasteiger partial charge in [-0.05, 0) is 33.6 Å². The van der Waals surface area contributed by atoms with Crippen molar-refractivity contribution in [2.75, 3.05) is 5.32 Å². The molecular weight excluding hydrogens is 367 g/mol. The first kappa shape index (κ1) is 15.1. The summed E-state index contributed by atoms with van der Waals surface area (Å²) in [6, 6.07) is 9.93. The van der Waals surface area contributed by atoms with E-state index in [9.17, 15) is 10.1 Å². The maximum atomic E-state index is 10.6. The van der Waals surface area contributed by atoms with Crippen LogP contribution in [-0.4, -0.2) is 4.92 Å². The van der Waals surface area contributed by atoms with Gasteiger partial charge in [-0.3, -0.25) is 10.1 Å². The zero-order chi connectivity index (χ0) is 14.7. The average molecular weight is 376 g/mol. The molecule has 0 saturated heterocycles. The number of rotatable bonds is 4. The van der Waals surface area contributed by atoms with Crippen LogP contribution in [0.5, 0.6) is 0 Å². The fourth-order valence-electron chi connectivity index (χ4n) is 1.60. The number of halogens is 3. The normalized spacial score (nSPS) is 10.3. The van der Waals surface area contributed by atoms with Gasteiger partial charge in [-0.25, -0.2) is 0 Å². The van der Waals surface area contributed by atoms with Gasteiger partial charge in [-0.2, -0.15) is 0 Å². The number of nitro benzene ring substituents is 1. The largest absolute Gasteiger partial charge is 0.380 e. The molecule has 20 heavy (non-hydrogen) atoms. The van der Waals surface area contributed by atoms with Crippen LogP contribution in [0, 0.1) is 10.1 Å². The maximum absolute atomic E-state index is 10.6. The molecule has 0 saturated carbocycles. The van der Waals surface area contributed by atoms with Crippen molar-refractivity contribution in [1.82, 2.24) is 0 Å². The second-order valence-electron chi connectivity index (χ2n) is 4.00. The van der Waals surface area contributed by atoms with Gasteiger partial charge in [0.1, 0.15) is 0 Å². The van der Waals surface area contributed by atoms with Gasteiger partial charge in [0.2, 0.25) is 0 Å². The molecule has 0 fully saturated rings. The van der Waals surface area contributed by atoms with E-state index in [0.29, 0.717) is 22.3 Å². The van der Waals surface area contributed by atoms with Crippen molar-refractivity contribution < 1.29 is 4.92 Å². The van der Waals surface area contributed by atoms with Crippen molar-refractivity contribution in [2.45, 2.75) is 6.54 Å². The Kier molecular flexibility index (Phi) is 4.86. The number of non-ortho nitro benzene ring substituents is 1. The van der Waals surface area contributed by atoms with Crippen LogP contribution in [0.1, 0.15) is 5.56 Å². The zero-order valence-corrected chi connectivity index (χ0v) is 13.2. The van der Waals surface area contributed by atoms with Gasteiger partial charge in [0.05, 0.1) is 20.7 Å². The highest BCUT2D eigenvalue weighted by Gasteiger charge is 2.08. The minimum absolute atomic E-state index is 0.0680. The van der Waals surface area contributed by atoms with Crippen LogP contribution in [-0.2, 0) is 6.54 Å². The van der Waals surface area contributed by atoms with E-state index in [1.807, 2.05) is 6.07 Å². The molecule has 0 aliphatic carbocycles. The van der Waals surface area contributed by atoms with E-state index in [1.165, 1.54) is 12.1 Å². The summed E-state index contributed by atoms with van der Waals surface area (Å²) in [6.45, 7) is 0.496. The molecule has 0 bridgehead atoms. The highest BCUT2D eigenvalue weighted by Crippen LogP contribution is 2.35. The highest BCUT2D eigenvalue weighted by atomic mass is 79.9. The molecule has 7 heteroatoms. The molecule has 0 aliphatic heterocycles. The molecule has 0 amide bonds. The summed E-state index contributed by atoms with van der Waals surface area (Å²) in [5.41, 5.74) is 1.68. The Labute approximate surface area is 134 Å². The maximum Gasteiger partial charge on any atom is 0.269 e. The molecule has 0 heterocycles. The topological polar surface area (TPSA) is 55.2 Å². The van der Waals surface area contributed by atoms with Crippen LogP contribution >= 0.6 is 39.1 Å². The minimum atomic E-state index is -0.428. The molecule has 0 atom stereocenters. The van der Waals surface area contributed by atoms with E-state index < -0.39 is 4.92 Å². The second kappa shape index (κ2) is 6.43. The predicted molar refractivity (Wildman–Crippen MR) is 84.6 cm³/mol. The van der Waals surface area contributed by atoms with Gasteiger partial charge in [0, 0.05) is 23.2 Å². The monoisotopic (exact) mass is 374 g/mol. The molecule has 104 valence electrons. The average Bonchev–Trinajstić information content (AvgIpc) is 2.44. The van der Waals surface area contributed by atoms with Crippen molar-refractivity contribution in [1.29, 1.82) is 0 Å². The Morgan fingerprint density at radius 2 is 1.75 bits per heavy atom. The van der Waals surface area contributed by atoms with Gasteiger partial charge >= 0.3 is 0 Å². The summed E-state index contributed by atoms with van der Waals surface area (Å²) in [4.78, 5) is 10.1. The lowest BCUT2D eigenvalue weighted by molar-refractivity contribution is -0.384. The van der Waals surface area contributed by atoms with Crippen LogP contribution in [0.3, 0.4) is 0 Å². The van der Waals surface area contributed by atoms with E-state index in [-0.39, 0.29) is 5.69 Å². The lowest BCUT2D eigenvalue weighted by atomic mass is 10.2. The van der Waals surface area contributed by atoms with E-state index >= 15 is 0 Å². The fourth-order valence-corrected chi connectivity index (χ4v) is 2.44. The van der Waals surface area contributed by atoms with E-state index in [4.69, 9.17) is 23.2 Å². The van der Waals surface area contributed by atoms with Gasteiger partial charge < -0.3 is 5.32 Å². The van der Waals surface area contributed by atoms with E-state index in [2.05, 4.69) is 21.2 Å². The minimum Gasteiger partial charge on any atom is -0.380 e. The number of nitrogens with zero attached hydrogens (tertiary/aromatic N) is 1. The third kappa shape index (κ3) is 3.42. The quantitative estimate of drug-likeness (QED) is 0.449. The molecule has 2 aromatic rings. The standard InChI is InChI=1S/C13H9BrCl2N2O2/c14-10-5-6-11(13(16)12(10)15)17-7-8-1-3-9(4-2-8)18(19)20/h1-6,17H,7H2. The van der Waals surface area contributed by atoms with Gasteiger partial charge in [-0.1, -0.05) is 35.3 Å². The lowest BCUT2D eigenvalue weighted by Crippen LogP contribution is -2.00. The first-order valence-electron chi connectivity index (χ1n) is 5.59. The van der Waals surface area contributed by atoms with Crippen LogP contribution in [0.4, 0.5) is 11.4 Å². The molecule has 0 aromatic heterocycles. The highest BCUT2D eigenvalue weighted by molar-refractivity contribution is 9.10. The molecule has 0 aliphatic rings. The van der Waals surface area contributed by atoms with Crippen molar-refractivity contribution >= 4 is 50.5 Å². The summed E-state index contributed by atoms with van der Waals surface area (Å²) in [5, 5.41) is 14.6. The smallest absolute Gasteiger partial charge is 0.269 e. The summed E-state index contributed by atoms with van der Waals surface area (Å²) < 4.78 is 0.727. The molecule has 2 rings (SSSR count). The molecule has 2 aromatic carbocycles. The van der Waals surface area contributed by atoms with Crippen LogP contribution in [0.15, 0.2) is 40.9 Å². The number of benzene rings is 2. The number of anilines is 1. The summed E-state index contributed by atoms with van der Waals surface area (Å²) in [6.07, 6.45) is 0. The Balaban J connectivity index is 2.09. The fraction of sp³-hybridized carbons (Fsp3) is 0.0769. The Hall–Kier alpha value is -1.30. The molecule has 0 spiro atoms. The summed E-state index contributed by atoms with van der Waals surface area (Å²) in [7, 11) is 0. The third-order valence-electron chi connectivity index (χ3n) is 2.67. The van der Waals surface area contributed by atoms with Crippen molar-refractivity contribution in [2.24, 2.45) is 0 Å². The second-order valence-corrected chi connectivity index (χ2v) is 5.61. The van der Waals surface area contributed by atoms with Gasteiger partial charge in [-0.15, -0.1) is 0 Å². The number of nitro groups is 1. The zero-order valence-electron chi connectivity index (χ0n) is 10.1. The molecule has 0 unspecified atom stereocenters. The van der Waals surface area contributed by atoms with Gasteiger partial charge in [0.15, 0.2) is 0 Å².